The number of hydrogen-bond donors (Lipinski definition) is 1. The number of benzene rings is 1. The van der Waals surface area contributed by atoms with Gasteiger partial charge in [-0.15, -0.1) is 0 Å². The van der Waals surface area contributed by atoms with E-state index >= 15 is 0 Å². The van der Waals surface area contributed by atoms with Gasteiger partial charge < -0.3 is 10.1 Å². The quantitative estimate of drug-likeness (QED) is 0.837. The molecule has 1 aromatic rings. The second kappa shape index (κ2) is 5.82. The lowest BCUT2D eigenvalue weighted by Gasteiger charge is -2.21. The van der Waals surface area contributed by atoms with Crippen molar-refractivity contribution in [2.75, 3.05) is 18.5 Å². The molecule has 0 aliphatic carbocycles. The van der Waals surface area contributed by atoms with Crippen LogP contribution in [0.5, 0.6) is 0 Å². The van der Waals surface area contributed by atoms with Gasteiger partial charge >= 0.3 is 0 Å². The Morgan fingerprint density at radius 1 is 1.41 bits per heavy atom. The van der Waals surface area contributed by atoms with Crippen LogP contribution in [0.15, 0.2) is 18.2 Å². The topological polar surface area (TPSA) is 38.3 Å². The molecule has 0 spiro atoms. The van der Waals surface area contributed by atoms with Crippen molar-refractivity contribution >= 4 is 34.2 Å². The molecule has 1 amide bonds. The smallest absolute Gasteiger partial charge is 0.227 e. The van der Waals surface area contributed by atoms with E-state index in [1.165, 1.54) is 9.13 Å². The molecule has 0 bridgehead atoms. The minimum absolute atomic E-state index is 0.0997. The fraction of sp³-hybridized carbons (Fsp3) is 0.462. The molecule has 1 fully saturated rings. The first-order chi connectivity index (χ1) is 8.16. The summed E-state index contributed by atoms with van der Waals surface area (Å²) < 4.78 is 6.43. The molecule has 0 atom stereocenters. The van der Waals surface area contributed by atoms with E-state index in [-0.39, 0.29) is 11.8 Å². The lowest BCUT2D eigenvalue weighted by atomic mass is 9.99. The third-order valence-corrected chi connectivity index (χ3v) is 4.19. The number of anilines is 1. The SMILES string of the molecule is Cc1ccc(NC(=O)C2CCOCC2)cc1I. The van der Waals surface area contributed by atoms with E-state index in [2.05, 4.69) is 34.8 Å². The lowest BCUT2D eigenvalue weighted by molar-refractivity contribution is -0.122. The van der Waals surface area contributed by atoms with Crippen molar-refractivity contribution in [2.24, 2.45) is 5.92 Å². The molecular weight excluding hydrogens is 329 g/mol. The van der Waals surface area contributed by atoms with Crippen molar-refractivity contribution < 1.29 is 9.53 Å². The van der Waals surface area contributed by atoms with Crippen molar-refractivity contribution in [2.45, 2.75) is 19.8 Å². The summed E-state index contributed by atoms with van der Waals surface area (Å²) in [7, 11) is 0. The van der Waals surface area contributed by atoms with E-state index in [4.69, 9.17) is 4.74 Å². The van der Waals surface area contributed by atoms with Crippen LogP contribution < -0.4 is 5.32 Å². The van der Waals surface area contributed by atoms with Crippen LogP contribution >= 0.6 is 22.6 Å². The van der Waals surface area contributed by atoms with Crippen LogP contribution in [0, 0.1) is 16.4 Å². The van der Waals surface area contributed by atoms with Crippen LogP contribution in [-0.4, -0.2) is 19.1 Å². The van der Waals surface area contributed by atoms with Gasteiger partial charge in [-0.3, -0.25) is 4.79 Å². The first-order valence-electron chi connectivity index (χ1n) is 5.81. The van der Waals surface area contributed by atoms with Crippen molar-refractivity contribution in [1.82, 2.24) is 0 Å². The maximum Gasteiger partial charge on any atom is 0.227 e. The molecule has 0 aromatic heterocycles. The van der Waals surface area contributed by atoms with Crippen molar-refractivity contribution in [1.29, 1.82) is 0 Å². The normalized spacial score (nSPS) is 16.8. The Morgan fingerprint density at radius 2 is 2.12 bits per heavy atom. The Hall–Kier alpha value is -0.620. The maximum absolute atomic E-state index is 12.0. The van der Waals surface area contributed by atoms with Gasteiger partial charge in [0.05, 0.1) is 0 Å². The highest BCUT2D eigenvalue weighted by Crippen LogP contribution is 2.20. The standard InChI is InChI=1S/C13H16INO2/c1-9-2-3-11(8-12(9)14)15-13(16)10-4-6-17-7-5-10/h2-3,8,10H,4-7H2,1H3,(H,15,16). The van der Waals surface area contributed by atoms with Crippen LogP contribution in [0.1, 0.15) is 18.4 Å². The highest BCUT2D eigenvalue weighted by atomic mass is 127. The number of halogens is 1. The predicted molar refractivity (Wildman–Crippen MR) is 76.1 cm³/mol. The maximum atomic E-state index is 12.0. The van der Waals surface area contributed by atoms with E-state index in [0.717, 1.165) is 18.5 Å². The van der Waals surface area contributed by atoms with Gasteiger partial charge in [0.2, 0.25) is 5.91 Å². The second-order valence-electron chi connectivity index (χ2n) is 4.34. The minimum Gasteiger partial charge on any atom is -0.381 e. The third kappa shape index (κ3) is 3.42. The number of carbonyl (C=O) groups excluding carboxylic acids is 1. The lowest BCUT2D eigenvalue weighted by Crippen LogP contribution is -2.28. The molecule has 92 valence electrons. The van der Waals surface area contributed by atoms with Crippen LogP contribution in [0.2, 0.25) is 0 Å². The number of aryl methyl sites for hydroxylation is 1. The molecule has 0 saturated carbocycles. The molecule has 1 aromatic carbocycles. The highest BCUT2D eigenvalue weighted by molar-refractivity contribution is 14.1. The Bertz CT molecular complexity index is 414. The summed E-state index contributed by atoms with van der Waals surface area (Å²) in [6, 6.07) is 5.99. The summed E-state index contributed by atoms with van der Waals surface area (Å²) in [4.78, 5) is 12.0. The Labute approximate surface area is 115 Å². The molecular formula is C13H16INO2. The monoisotopic (exact) mass is 345 g/mol. The Balaban J connectivity index is 1.99. The number of carbonyl (C=O) groups is 1. The molecule has 4 heteroatoms. The van der Waals surface area contributed by atoms with Crippen LogP contribution in [-0.2, 0) is 9.53 Å². The first kappa shape index (κ1) is 12.8. The molecule has 1 aliphatic heterocycles. The number of nitrogens with one attached hydrogen (secondary N) is 1. The second-order valence-corrected chi connectivity index (χ2v) is 5.50. The highest BCUT2D eigenvalue weighted by Gasteiger charge is 2.21. The van der Waals surface area contributed by atoms with E-state index in [9.17, 15) is 4.79 Å². The molecule has 17 heavy (non-hydrogen) atoms. The van der Waals surface area contributed by atoms with Gasteiger partial charge in [0, 0.05) is 28.4 Å². The molecule has 1 N–H and O–H groups in total. The fourth-order valence-electron chi connectivity index (χ4n) is 1.87. The molecule has 2 rings (SSSR count). The van der Waals surface area contributed by atoms with E-state index in [0.29, 0.717) is 13.2 Å². The van der Waals surface area contributed by atoms with Gasteiger partial charge in [-0.05, 0) is 60.1 Å². The molecule has 1 aliphatic rings. The van der Waals surface area contributed by atoms with Crippen molar-refractivity contribution in [3.8, 4) is 0 Å². The molecule has 0 radical (unpaired) electrons. The number of amides is 1. The van der Waals surface area contributed by atoms with Gasteiger partial charge in [0.1, 0.15) is 0 Å². The average Bonchev–Trinajstić information content (AvgIpc) is 2.35. The molecule has 0 unspecified atom stereocenters. The van der Waals surface area contributed by atoms with Gasteiger partial charge in [-0.25, -0.2) is 0 Å². The van der Waals surface area contributed by atoms with E-state index < -0.39 is 0 Å². The zero-order chi connectivity index (χ0) is 12.3. The van der Waals surface area contributed by atoms with Crippen LogP contribution in [0.3, 0.4) is 0 Å². The van der Waals surface area contributed by atoms with Crippen molar-refractivity contribution in [3.05, 3.63) is 27.3 Å². The van der Waals surface area contributed by atoms with Crippen LogP contribution in [0.4, 0.5) is 5.69 Å². The predicted octanol–water partition coefficient (Wildman–Crippen LogP) is 2.96. The van der Waals surface area contributed by atoms with Gasteiger partial charge in [-0.1, -0.05) is 6.07 Å². The summed E-state index contributed by atoms with van der Waals surface area (Å²) in [5, 5.41) is 2.98. The van der Waals surface area contributed by atoms with Crippen molar-refractivity contribution in [3.63, 3.8) is 0 Å². The minimum atomic E-state index is 0.0997. The Kier molecular flexibility index (Phi) is 4.39. The fourth-order valence-corrected chi connectivity index (χ4v) is 2.39. The van der Waals surface area contributed by atoms with E-state index in [1.807, 2.05) is 18.2 Å². The number of ether oxygens (including phenoxy) is 1. The summed E-state index contributed by atoms with van der Waals surface area (Å²) in [6.45, 7) is 3.46. The molecule has 3 nitrogen and oxygen atoms in total. The zero-order valence-corrected chi connectivity index (χ0v) is 12.0. The van der Waals surface area contributed by atoms with E-state index in [1.54, 1.807) is 0 Å². The van der Waals surface area contributed by atoms with Gasteiger partial charge in [0.25, 0.3) is 0 Å². The summed E-state index contributed by atoms with van der Waals surface area (Å²) in [5.41, 5.74) is 2.12. The van der Waals surface area contributed by atoms with Gasteiger partial charge in [-0.2, -0.15) is 0 Å². The Morgan fingerprint density at radius 3 is 2.76 bits per heavy atom. The summed E-state index contributed by atoms with van der Waals surface area (Å²) >= 11 is 2.28. The molecule has 1 heterocycles. The number of rotatable bonds is 2. The van der Waals surface area contributed by atoms with Crippen LogP contribution in [0.25, 0.3) is 0 Å². The number of hydrogen-bond acceptors (Lipinski definition) is 2. The summed E-state index contributed by atoms with van der Waals surface area (Å²) in [6.07, 6.45) is 1.66. The molecule has 1 saturated heterocycles. The largest absolute Gasteiger partial charge is 0.381 e. The average molecular weight is 345 g/mol. The third-order valence-electron chi connectivity index (χ3n) is 3.03. The van der Waals surface area contributed by atoms with Gasteiger partial charge in [0.15, 0.2) is 0 Å². The first-order valence-corrected chi connectivity index (χ1v) is 6.89. The summed E-state index contributed by atoms with van der Waals surface area (Å²) in [5.74, 6) is 0.218. The zero-order valence-electron chi connectivity index (χ0n) is 9.83.